The van der Waals surface area contributed by atoms with Crippen molar-refractivity contribution in [3.63, 3.8) is 0 Å². The summed E-state index contributed by atoms with van der Waals surface area (Å²) in [5.74, 6) is 1.87. The van der Waals surface area contributed by atoms with Crippen LogP contribution in [0.3, 0.4) is 0 Å². The maximum absolute atomic E-state index is 5.39. The summed E-state index contributed by atoms with van der Waals surface area (Å²) >= 11 is 1.85. The first-order valence-electron chi connectivity index (χ1n) is 7.62. The Morgan fingerprint density at radius 3 is 3.12 bits per heavy atom. The molecule has 0 spiro atoms. The number of nitrogens with zero attached hydrogens (tertiary/aromatic N) is 4. The third kappa shape index (κ3) is 2.09. The van der Waals surface area contributed by atoms with Crippen LogP contribution in [0.15, 0.2) is 53.8 Å². The SMILES string of the molecule is C1=C(c2ccnc3[nH]ccc23)SCCN1c1ncnc2occc12. The first-order chi connectivity index (χ1) is 11.9. The summed E-state index contributed by atoms with van der Waals surface area (Å²) in [4.78, 5) is 19.6. The summed E-state index contributed by atoms with van der Waals surface area (Å²) in [5.41, 5.74) is 2.71. The Hall–Kier alpha value is -2.80. The van der Waals surface area contributed by atoms with Gasteiger partial charge in [-0.3, -0.25) is 0 Å². The molecule has 0 aliphatic carbocycles. The number of rotatable bonds is 2. The number of H-pyrrole nitrogens is 1. The maximum atomic E-state index is 5.39. The third-order valence-corrected chi connectivity index (χ3v) is 5.12. The van der Waals surface area contributed by atoms with Crippen molar-refractivity contribution >= 4 is 44.6 Å². The summed E-state index contributed by atoms with van der Waals surface area (Å²) in [5, 5.41) is 2.07. The van der Waals surface area contributed by atoms with Crippen molar-refractivity contribution in [1.82, 2.24) is 19.9 Å². The molecule has 7 heteroatoms. The average Bonchev–Trinajstić information content (AvgIpc) is 3.30. The lowest BCUT2D eigenvalue weighted by molar-refractivity contribution is 0.602. The first-order valence-corrected chi connectivity index (χ1v) is 8.61. The Morgan fingerprint density at radius 2 is 2.12 bits per heavy atom. The number of hydrogen-bond donors (Lipinski definition) is 1. The number of anilines is 1. The molecule has 1 aliphatic rings. The number of aromatic amines is 1. The molecule has 4 aromatic rings. The molecule has 0 saturated carbocycles. The second-order valence-electron chi connectivity index (χ2n) is 5.47. The van der Waals surface area contributed by atoms with Gasteiger partial charge in [-0.1, -0.05) is 0 Å². The lowest BCUT2D eigenvalue weighted by Crippen LogP contribution is -2.24. The fourth-order valence-electron chi connectivity index (χ4n) is 2.99. The van der Waals surface area contributed by atoms with Crippen molar-refractivity contribution < 1.29 is 4.42 Å². The van der Waals surface area contributed by atoms with Crippen LogP contribution < -0.4 is 4.90 Å². The molecule has 0 fully saturated rings. The van der Waals surface area contributed by atoms with Gasteiger partial charge < -0.3 is 14.3 Å². The van der Waals surface area contributed by atoms with Gasteiger partial charge in [0.15, 0.2) is 0 Å². The quantitative estimate of drug-likeness (QED) is 0.603. The predicted molar refractivity (Wildman–Crippen MR) is 95.7 cm³/mol. The monoisotopic (exact) mass is 335 g/mol. The van der Waals surface area contributed by atoms with E-state index in [1.54, 1.807) is 12.6 Å². The van der Waals surface area contributed by atoms with Crippen LogP contribution in [0.25, 0.3) is 27.0 Å². The Balaban J connectivity index is 1.63. The van der Waals surface area contributed by atoms with E-state index in [2.05, 4.69) is 43.2 Å². The molecular weight excluding hydrogens is 322 g/mol. The van der Waals surface area contributed by atoms with E-state index < -0.39 is 0 Å². The van der Waals surface area contributed by atoms with Gasteiger partial charge in [0.05, 0.1) is 11.6 Å². The minimum atomic E-state index is 0.616. The van der Waals surface area contributed by atoms with Crippen LogP contribution in [-0.2, 0) is 0 Å². The Labute approximate surface area is 141 Å². The van der Waals surface area contributed by atoms with E-state index in [0.717, 1.165) is 34.5 Å². The molecule has 0 atom stereocenters. The zero-order valence-electron chi connectivity index (χ0n) is 12.6. The van der Waals surface area contributed by atoms with Crippen LogP contribution in [0, 0.1) is 0 Å². The number of nitrogens with one attached hydrogen (secondary N) is 1. The van der Waals surface area contributed by atoms with Gasteiger partial charge in [0.1, 0.15) is 17.8 Å². The maximum Gasteiger partial charge on any atom is 0.231 e. The van der Waals surface area contributed by atoms with E-state index >= 15 is 0 Å². The molecule has 5 heterocycles. The molecule has 0 aromatic carbocycles. The van der Waals surface area contributed by atoms with Crippen molar-refractivity contribution in [2.75, 3.05) is 17.2 Å². The fraction of sp³-hybridized carbons (Fsp3) is 0.118. The highest BCUT2D eigenvalue weighted by Gasteiger charge is 2.19. The molecule has 24 heavy (non-hydrogen) atoms. The molecule has 118 valence electrons. The average molecular weight is 335 g/mol. The highest BCUT2D eigenvalue weighted by Crippen LogP contribution is 2.37. The molecule has 0 saturated heterocycles. The van der Waals surface area contributed by atoms with E-state index in [1.165, 1.54) is 10.5 Å². The Morgan fingerprint density at radius 1 is 1.12 bits per heavy atom. The van der Waals surface area contributed by atoms with Crippen LogP contribution in [0.4, 0.5) is 5.82 Å². The second kappa shape index (κ2) is 5.38. The molecule has 0 unspecified atom stereocenters. The van der Waals surface area contributed by atoms with Crippen LogP contribution in [0.5, 0.6) is 0 Å². The topological polar surface area (TPSA) is 70.8 Å². The van der Waals surface area contributed by atoms with E-state index in [0.29, 0.717) is 5.71 Å². The smallest absolute Gasteiger partial charge is 0.231 e. The molecule has 0 amide bonds. The largest absolute Gasteiger partial charge is 0.446 e. The van der Waals surface area contributed by atoms with E-state index in [1.807, 2.05) is 30.2 Å². The van der Waals surface area contributed by atoms with Crippen molar-refractivity contribution in [2.45, 2.75) is 0 Å². The van der Waals surface area contributed by atoms with Crippen LogP contribution in [-0.4, -0.2) is 32.2 Å². The minimum Gasteiger partial charge on any atom is -0.446 e. The van der Waals surface area contributed by atoms with Crippen molar-refractivity contribution in [2.24, 2.45) is 0 Å². The molecule has 0 radical (unpaired) electrons. The van der Waals surface area contributed by atoms with Crippen LogP contribution in [0.1, 0.15) is 5.56 Å². The third-order valence-electron chi connectivity index (χ3n) is 4.10. The van der Waals surface area contributed by atoms with Gasteiger partial charge in [0.25, 0.3) is 0 Å². The lowest BCUT2D eigenvalue weighted by atomic mass is 10.2. The number of fused-ring (bicyclic) bond motifs is 2. The van der Waals surface area contributed by atoms with Gasteiger partial charge in [-0.2, -0.15) is 0 Å². The van der Waals surface area contributed by atoms with Crippen molar-refractivity contribution in [3.05, 3.63) is 54.9 Å². The summed E-state index contributed by atoms with van der Waals surface area (Å²) in [6.45, 7) is 0.896. The summed E-state index contributed by atoms with van der Waals surface area (Å²) in [7, 11) is 0. The lowest BCUT2D eigenvalue weighted by Gasteiger charge is -2.26. The van der Waals surface area contributed by atoms with Crippen LogP contribution >= 0.6 is 11.8 Å². The second-order valence-corrected chi connectivity index (χ2v) is 6.61. The molecule has 0 bridgehead atoms. The van der Waals surface area contributed by atoms with Gasteiger partial charge in [0.2, 0.25) is 5.71 Å². The van der Waals surface area contributed by atoms with Gasteiger partial charge in [-0.15, -0.1) is 11.8 Å². The molecule has 1 aliphatic heterocycles. The van der Waals surface area contributed by atoms with Crippen molar-refractivity contribution in [1.29, 1.82) is 0 Å². The van der Waals surface area contributed by atoms with Gasteiger partial charge in [0, 0.05) is 46.7 Å². The molecule has 1 N–H and O–H groups in total. The highest BCUT2D eigenvalue weighted by atomic mass is 32.2. The standard InChI is InChI=1S/C17H13N5OS/c1-4-18-15-12(2-5-19-15)11(1)14-9-22(6-8-24-14)16-13-3-7-23-17(13)21-10-20-16/h1-5,7,9-10H,6,8H2,(H,18,19). The molecular formula is C17H13N5OS. The number of furan rings is 1. The van der Waals surface area contributed by atoms with Gasteiger partial charge in [-0.05, 0) is 18.2 Å². The zero-order chi connectivity index (χ0) is 15.9. The fourth-order valence-corrected chi connectivity index (χ4v) is 4.04. The normalized spacial score (nSPS) is 15.2. The van der Waals surface area contributed by atoms with Crippen molar-refractivity contribution in [3.8, 4) is 0 Å². The number of pyridine rings is 1. The van der Waals surface area contributed by atoms with Gasteiger partial charge in [-0.25, -0.2) is 15.0 Å². The predicted octanol–water partition coefficient (Wildman–Crippen LogP) is 3.65. The van der Waals surface area contributed by atoms with E-state index in [9.17, 15) is 0 Å². The minimum absolute atomic E-state index is 0.616. The number of hydrogen-bond acceptors (Lipinski definition) is 6. The summed E-state index contributed by atoms with van der Waals surface area (Å²) in [6, 6.07) is 6.04. The first kappa shape index (κ1) is 13.6. The molecule has 6 nitrogen and oxygen atoms in total. The number of aromatic nitrogens is 4. The Bertz CT molecular complexity index is 1070. The van der Waals surface area contributed by atoms with Crippen LogP contribution in [0.2, 0.25) is 0 Å². The summed E-state index contributed by atoms with van der Waals surface area (Å²) in [6.07, 6.45) is 9.12. The number of thioether (sulfide) groups is 1. The molecule has 5 rings (SSSR count). The van der Waals surface area contributed by atoms with E-state index in [-0.39, 0.29) is 0 Å². The van der Waals surface area contributed by atoms with Gasteiger partial charge >= 0.3 is 0 Å². The summed E-state index contributed by atoms with van der Waals surface area (Å²) < 4.78 is 5.39. The van der Waals surface area contributed by atoms with E-state index in [4.69, 9.17) is 4.42 Å². The zero-order valence-corrected chi connectivity index (χ0v) is 13.5. The Kier molecular flexibility index (Phi) is 3.05. The highest BCUT2D eigenvalue weighted by molar-refractivity contribution is 8.08. The molecule has 4 aromatic heterocycles.